The van der Waals surface area contributed by atoms with Gasteiger partial charge in [-0.1, -0.05) is 23.9 Å². The van der Waals surface area contributed by atoms with Crippen molar-refractivity contribution in [3.63, 3.8) is 0 Å². The number of ether oxygens (including phenoxy) is 1. The number of nitrogens with zero attached hydrogens (tertiary/aromatic N) is 1. The van der Waals surface area contributed by atoms with Gasteiger partial charge in [-0.25, -0.2) is 4.98 Å². The molecule has 3 nitrogen and oxygen atoms in total. The molecule has 108 valence electrons. The quantitative estimate of drug-likeness (QED) is 0.654. The van der Waals surface area contributed by atoms with Gasteiger partial charge < -0.3 is 10.1 Å². The van der Waals surface area contributed by atoms with E-state index in [0.717, 1.165) is 28.8 Å². The first-order valence-corrected chi connectivity index (χ1v) is 8.96. The van der Waals surface area contributed by atoms with Crippen LogP contribution in [0.15, 0.2) is 28.6 Å². The van der Waals surface area contributed by atoms with E-state index in [1.807, 2.05) is 17.8 Å². The lowest BCUT2D eigenvalue weighted by molar-refractivity contribution is 0.0844. The number of aromatic nitrogens is 1. The third kappa shape index (κ3) is 3.52. The summed E-state index contributed by atoms with van der Waals surface area (Å²) in [7, 11) is 0. The second-order valence-electron chi connectivity index (χ2n) is 5.09. The van der Waals surface area contributed by atoms with Gasteiger partial charge in [0.1, 0.15) is 0 Å². The fraction of sp³-hybridized carbons (Fsp3) is 0.533. The third-order valence-corrected chi connectivity index (χ3v) is 5.77. The summed E-state index contributed by atoms with van der Waals surface area (Å²) in [6.07, 6.45) is 2.80. The molecule has 20 heavy (non-hydrogen) atoms. The van der Waals surface area contributed by atoms with E-state index in [1.165, 1.54) is 17.5 Å². The topological polar surface area (TPSA) is 34.2 Å². The summed E-state index contributed by atoms with van der Waals surface area (Å²) in [4.78, 5) is 4.64. The summed E-state index contributed by atoms with van der Waals surface area (Å²) < 4.78 is 8.13. The molecule has 3 rings (SSSR count). The van der Waals surface area contributed by atoms with Crippen molar-refractivity contribution in [3.8, 4) is 0 Å². The molecule has 1 aromatic heterocycles. The molecule has 2 aromatic rings. The molecule has 0 amide bonds. The Morgan fingerprint density at radius 1 is 1.50 bits per heavy atom. The fourth-order valence-electron chi connectivity index (χ4n) is 2.47. The van der Waals surface area contributed by atoms with E-state index in [2.05, 4.69) is 35.4 Å². The first kappa shape index (κ1) is 14.3. The lowest BCUT2D eigenvalue weighted by atomic mass is 10.1. The summed E-state index contributed by atoms with van der Waals surface area (Å²) >= 11 is 3.62. The van der Waals surface area contributed by atoms with Crippen molar-refractivity contribution in [1.29, 1.82) is 0 Å². The van der Waals surface area contributed by atoms with Crippen molar-refractivity contribution < 1.29 is 4.74 Å². The molecule has 0 bridgehead atoms. The highest BCUT2D eigenvalue weighted by molar-refractivity contribution is 8.01. The zero-order valence-electron chi connectivity index (χ0n) is 11.7. The molecule has 2 unspecified atom stereocenters. The largest absolute Gasteiger partial charge is 0.377 e. The van der Waals surface area contributed by atoms with Crippen molar-refractivity contribution in [2.75, 3.05) is 18.9 Å². The van der Waals surface area contributed by atoms with Crippen LogP contribution >= 0.6 is 23.1 Å². The number of rotatable bonds is 6. The highest BCUT2D eigenvalue weighted by atomic mass is 32.2. The van der Waals surface area contributed by atoms with Crippen molar-refractivity contribution in [1.82, 2.24) is 10.3 Å². The van der Waals surface area contributed by atoms with Gasteiger partial charge in [0, 0.05) is 24.9 Å². The Morgan fingerprint density at radius 2 is 2.40 bits per heavy atom. The summed E-state index contributed by atoms with van der Waals surface area (Å²) in [5.41, 5.74) is 1.11. The lowest BCUT2D eigenvalue weighted by Gasteiger charge is -2.19. The van der Waals surface area contributed by atoms with E-state index in [1.54, 1.807) is 11.3 Å². The summed E-state index contributed by atoms with van der Waals surface area (Å²) in [5.74, 6) is 1.05. The van der Waals surface area contributed by atoms with Crippen LogP contribution in [0.4, 0.5) is 0 Å². The Hall–Kier alpha value is -0.620. The van der Waals surface area contributed by atoms with Gasteiger partial charge >= 0.3 is 0 Å². The number of para-hydroxylation sites is 1. The van der Waals surface area contributed by atoms with Gasteiger partial charge in [-0.3, -0.25) is 0 Å². The number of thiazole rings is 1. The Kier molecular flexibility index (Phi) is 4.94. The molecule has 1 aliphatic rings. The maximum atomic E-state index is 5.69. The standard InChI is InChI=1S/C15H20N2OS2/c1-11(13-6-4-9-18-13)16-8-10-19-15-17-12-5-2-3-7-14(12)20-15/h2-3,5,7,11,13,16H,4,6,8-10H2,1H3. The summed E-state index contributed by atoms with van der Waals surface area (Å²) in [5, 5.41) is 3.56. The van der Waals surface area contributed by atoms with Crippen LogP contribution < -0.4 is 5.32 Å². The van der Waals surface area contributed by atoms with Gasteiger partial charge in [0.2, 0.25) is 0 Å². The molecule has 1 N–H and O–H groups in total. The van der Waals surface area contributed by atoms with Crippen molar-refractivity contribution >= 4 is 33.3 Å². The second kappa shape index (κ2) is 6.89. The second-order valence-corrected chi connectivity index (χ2v) is 7.46. The highest BCUT2D eigenvalue weighted by Gasteiger charge is 2.21. The predicted octanol–water partition coefficient (Wildman–Crippen LogP) is 3.55. The van der Waals surface area contributed by atoms with E-state index in [0.29, 0.717) is 12.1 Å². The zero-order chi connectivity index (χ0) is 13.8. The molecule has 1 aromatic carbocycles. The molecule has 1 aliphatic heterocycles. The van der Waals surface area contributed by atoms with Crippen molar-refractivity contribution in [2.45, 2.75) is 36.3 Å². The molecule has 5 heteroatoms. The maximum Gasteiger partial charge on any atom is 0.151 e. The van der Waals surface area contributed by atoms with E-state index < -0.39 is 0 Å². The number of fused-ring (bicyclic) bond motifs is 1. The molecular formula is C15H20N2OS2. The molecule has 1 fully saturated rings. The average molecular weight is 308 g/mol. The van der Waals surface area contributed by atoms with Gasteiger partial charge in [0.05, 0.1) is 16.3 Å². The fourth-order valence-corrected chi connectivity index (χ4v) is 4.48. The molecule has 0 spiro atoms. The van der Waals surface area contributed by atoms with E-state index >= 15 is 0 Å². The van der Waals surface area contributed by atoms with Crippen LogP contribution in [-0.2, 0) is 4.74 Å². The summed E-state index contributed by atoms with van der Waals surface area (Å²) in [6, 6.07) is 8.78. The zero-order valence-corrected chi connectivity index (χ0v) is 13.3. The van der Waals surface area contributed by atoms with Crippen LogP contribution in [0.25, 0.3) is 10.2 Å². The minimum absolute atomic E-state index is 0.405. The number of hydrogen-bond acceptors (Lipinski definition) is 5. The van der Waals surface area contributed by atoms with Gasteiger partial charge in [0.25, 0.3) is 0 Å². The van der Waals surface area contributed by atoms with Crippen LogP contribution in [0.1, 0.15) is 19.8 Å². The van der Waals surface area contributed by atoms with Gasteiger partial charge in [0.15, 0.2) is 4.34 Å². The van der Waals surface area contributed by atoms with Crippen LogP contribution in [0.3, 0.4) is 0 Å². The normalized spacial score (nSPS) is 20.6. The van der Waals surface area contributed by atoms with Gasteiger partial charge in [-0.05, 0) is 31.9 Å². The van der Waals surface area contributed by atoms with Crippen molar-refractivity contribution in [3.05, 3.63) is 24.3 Å². The van der Waals surface area contributed by atoms with E-state index in [4.69, 9.17) is 4.74 Å². The first-order valence-electron chi connectivity index (χ1n) is 7.16. The number of hydrogen-bond donors (Lipinski definition) is 1. The molecule has 2 atom stereocenters. The molecule has 2 heterocycles. The smallest absolute Gasteiger partial charge is 0.151 e. The van der Waals surface area contributed by atoms with Crippen LogP contribution in [-0.4, -0.2) is 36.0 Å². The minimum atomic E-state index is 0.405. The first-order chi connectivity index (χ1) is 9.83. The Balaban J connectivity index is 1.43. The molecule has 0 radical (unpaired) electrons. The number of benzene rings is 1. The Labute approximate surface area is 128 Å². The molecule has 1 saturated heterocycles. The highest BCUT2D eigenvalue weighted by Crippen LogP contribution is 2.28. The monoisotopic (exact) mass is 308 g/mol. The van der Waals surface area contributed by atoms with Crippen LogP contribution in [0.2, 0.25) is 0 Å². The Bertz CT molecular complexity index is 519. The minimum Gasteiger partial charge on any atom is -0.377 e. The maximum absolute atomic E-state index is 5.69. The SMILES string of the molecule is CC(NCCSc1nc2ccccc2s1)C1CCCO1. The molecule has 0 saturated carbocycles. The Morgan fingerprint density at radius 3 is 3.20 bits per heavy atom. The summed E-state index contributed by atoms with van der Waals surface area (Å²) in [6.45, 7) is 4.15. The molecule has 0 aliphatic carbocycles. The van der Waals surface area contributed by atoms with E-state index in [-0.39, 0.29) is 0 Å². The van der Waals surface area contributed by atoms with Crippen molar-refractivity contribution in [2.24, 2.45) is 0 Å². The number of thioether (sulfide) groups is 1. The van der Waals surface area contributed by atoms with Crippen LogP contribution in [0, 0.1) is 0 Å². The van der Waals surface area contributed by atoms with Gasteiger partial charge in [-0.2, -0.15) is 0 Å². The van der Waals surface area contributed by atoms with E-state index in [9.17, 15) is 0 Å². The average Bonchev–Trinajstić information content (AvgIpc) is 3.11. The lowest BCUT2D eigenvalue weighted by Crippen LogP contribution is -2.38. The predicted molar refractivity (Wildman–Crippen MR) is 86.8 cm³/mol. The third-order valence-electron chi connectivity index (χ3n) is 3.59. The number of nitrogens with one attached hydrogen (secondary N) is 1. The van der Waals surface area contributed by atoms with Gasteiger partial charge in [-0.15, -0.1) is 11.3 Å². The molecular weight excluding hydrogens is 288 g/mol. The van der Waals surface area contributed by atoms with Crippen LogP contribution in [0.5, 0.6) is 0 Å².